The topological polar surface area (TPSA) is 104 Å². The lowest BCUT2D eigenvalue weighted by molar-refractivity contribution is -0.125. The Balaban J connectivity index is 1.29. The molecule has 0 radical (unpaired) electrons. The summed E-state index contributed by atoms with van der Waals surface area (Å²) < 4.78 is 15.7. The van der Waals surface area contributed by atoms with Crippen molar-refractivity contribution in [3.63, 3.8) is 0 Å². The molecular formula is C31H29N5O2S. The Hall–Kier alpha value is -4.11. The molecular weight excluding hydrogens is 506 g/mol. The number of pyridine rings is 1. The molecule has 2 atom stereocenters. The van der Waals surface area contributed by atoms with Crippen LogP contribution in [0.3, 0.4) is 0 Å². The van der Waals surface area contributed by atoms with Crippen molar-refractivity contribution < 1.29 is 9.00 Å². The van der Waals surface area contributed by atoms with E-state index in [2.05, 4.69) is 21.4 Å². The fourth-order valence-electron chi connectivity index (χ4n) is 5.16. The van der Waals surface area contributed by atoms with Gasteiger partial charge in [0.25, 0.3) is 0 Å². The molecule has 0 spiro atoms. The van der Waals surface area contributed by atoms with E-state index in [1.54, 1.807) is 10.5 Å². The Kier molecular flexibility index (Phi) is 7.06. The normalized spacial score (nSPS) is 16.1. The van der Waals surface area contributed by atoms with Crippen LogP contribution in [0.2, 0.25) is 0 Å². The molecule has 8 heteroatoms. The van der Waals surface area contributed by atoms with E-state index >= 15 is 0 Å². The number of carbonyl (C=O) groups is 1. The van der Waals surface area contributed by atoms with Crippen LogP contribution in [-0.4, -0.2) is 30.4 Å². The second kappa shape index (κ2) is 10.9. The van der Waals surface area contributed by atoms with E-state index in [9.17, 15) is 9.00 Å². The standard InChI is InChI=1S/C31H29N5O2S/c32-18-21-14-15-33-24(16-21)19-34-31(37)30-17-27-26-8-4-5-9-28(26)35-29(27)20-36(30)39(38)25-12-10-23(11-13-25)22-6-2-1-3-7-22/h1-16,30,35H,17-20,32H2,(H,34,37). The summed E-state index contributed by atoms with van der Waals surface area (Å²) in [7, 11) is -1.55. The maximum absolute atomic E-state index is 14.0. The minimum atomic E-state index is -1.55. The van der Waals surface area contributed by atoms with Crippen LogP contribution in [0.5, 0.6) is 0 Å². The Morgan fingerprint density at radius 1 is 1.00 bits per heavy atom. The molecule has 3 aromatic carbocycles. The van der Waals surface area contributed by atoms with Gasteiger partial charge in [0.05, 0.1) is 23.7 Å². The highest BCUT2D eigenvalue weighted by Crippen LogP contribution is 2.33. The first kappa shape index (κ1) is 25.2. The first-order valence-corrected chi connectivity index (χ1v) is 14.1. The van der Waals surface area contributed by atoms with E-state index in [0.29, 0.717) is 24.4 Å². The van der Waals surface area contributed by atoms with Crippen molar-refractivity contribution in [2.24, 2.45) is 5.73 Å². The van der Waals surface area contributed by atoms with Gasteiger partial charge in [0.1, 0.15) is 17.0 Å². The molecule has 3 heterocycles. The van der Waals surface area contributed by atoms with Gasteiger partial charge in [-0.15, -0.1) is 0 Å². The molecule has 196 valence electrons. The smallest absolute Gasteiger partial charge is 0.239 e. The number of nitrogens with two attached hydrogens (primary N) is 1. The number of aromatic nitrogens is 2. The number of carbonyl (C=O) groups excluding carboxylic acids is 1. The predicted molar refractivity (Wildman–Crippen MR) is 154 cm³/mol. The second-order valence-electron chi connectivity index (χ2n) is 9.64. The van der Waals surface area contributed by atoms with Crippen LogP contribution in [-0.2, 0) is 41.8 Å². The van der Waals surface area contributed by atoms with E-state index < -0.39 is 17.0 Å². The fraction of sp³-hybridized carbons (Fsp3) is 0.161. The van der Waals surface area contributed by atoms with Crippen LogP contribution in [0.4, 0.5) is 0 Å². The zero-order valence-electron chi connectivity index (χ0n) is 21.3. The highest BCUT2D eigenvalue weighted by Gasteiger charge is 2.37. The molecule has 2 aromatic heterocycles. The van der Waals surface area contributed by atoms with E-state index in [-0.39, 0.29) is 12.5 Å². The molecule has 1 aliphatic rings. The zero-order chi connectivity index (χ0) is 26.8. The van der Waals surface area contributed by atoms with Crippen LogP contribution < -0.4 is 11.1 Å². The summed E-state index contributed by atoms with van der Waals surface area (Å²) in [6.07, 6.45) is 2.15. The lowest BCUT2D eigenvalue weighted by Crippen LogP contribution is -2.50. The Bertz CT molecular complexity index is 1650. The number of nitrogens with zero attached hydrogens (tertiary/aromatic N) is 2. The molecule has 1 amide bonds. The lowest BCUT2D eigenvalue weighted by Gasteiger charge is -2.33. The monoisotopic (exact) mass is 535 g/mol. The third-order valence-electron chi connectivity index (χ3n) is 7.20. The van der Waals surface area contributed by atoms with Crippen molar-refractivity contribution in [3.8, 4) is 11.1 Å². The van der Waals surface area contributed by atoms with E-state index in [4.69, 9.17) is 5.73 Å². The number of benzene rings is 3. The average Bonchev–Trinajstić information content (AvgIpc) is 3.37. The van der Waals surface area contributed by atoms with Crippen molar-refractivity contribution in [1.29, 1.82) is 0 Å². The highest BCUT2D eigenvalue weighted by molar-refractivity contribution is 7.82. The van der Waals surface area contributed by atoms with Gasteiger partial charge in [0, 0.05) is 35.8 Å². The first-order valence-electron chi connectivity index (χ1n) is 12.9. The minimum Gasteiger partial charge on any atom is -0.357 e. The van der Waals surface area contributed by atoms with Crippen LogP contribution in [0.1, 0.15) is 22.5 Å². The molecule has 1 aliphatic heterocycles. The third kappa shape index (κ3) is 5.14. The third-order valence-corrected chi connectivity index (χ3v) is 8.69. The van der Waals surface area contributed by atoms with E-state index in [0.717, 1.165) is 44.5 Å². The molecule has 4 N–H and O–H groups in total. The molecule has 6 rings (SSSR count). The highest BCUT2D eigenvalue weighted by atomic mass is 32.2. The predicted octanol–water partition coefficient (Wildman–Crippen LogP) is 4.45. The summed E-state index contributed by atoms with van der Waals surface area (Å²) >= 11 is 0. The number of hydrogen-bond donors (Lipinski definition) is 3. The molecule has 5 aromatic rings. The van der Waals surface area contributed by atoms with Crippen molar-refractivity contribution in [2.45, 2.75) is 37.0 Å². The van der Waals surface area contributed by atoms with Crippen LogP contribution >= 0.6 is 0 Å². The molecule has 0 bridgehead atoms. The fourth-order valence-corrected chi connectivity index (χ4v) is 6.45. The Labute approximate surface area is 229 Å². The number of rotatable bonds is 7. The number of hydrogen-bond acceptors (Lipinski definition) is 4. The van der Waals surface area contributed by atoms with Gasteiger partial charge in [-0.25, -0.2) is 8.51 Å². The molecule has 7 nitrogen and oxygen atoms in total. The molecule has 0 fully saturated rings. The van der Waals surface area contributed by atoms with Crippen LogP contribution in [0.15, 0.2) is 102 Å². The van der Waals surface area contributed by atoms with Gasteiger partial charge < -0.3 is 16.0 Å². The van der Waals surface area contributed by atoms with E-state index in [1.165, 1.54) is 0 Å². The molecule has 0 saturated carbocycles. The zero-order valence-corrected chi connectivity index (χ0v) is 22.2. The number of para-hydroxylation sites is 1. The quantitative estimate of drug-likeness (QED) is 0.286. The van der Waals surface area contributed by atoms with Crippen LogP contribution in [0.25, 0.3) is 22.0 Å². The summed E-state index contributed by atoms with van der Waals surface area (Å²) in [5, 5.41) is 4.13. The molecule has 39 heavy (non-hydrogen) atoms. The van der Waals surface area contributed by atoms with Crippen LogP contribution in [0, 0.1) is 0 Å². The van der Waals surface area contributed by atoms with E-state index in [1.807, 2.05) is 84.9 Å². The maximum Gasteiger partial charge on any atom is 0.239 e. The summed E-state index contributed by atoms with van der Waals surface area (Å²) in [6, 6.07) is 29.0. The van der Waals surface area contributed by atoms with Gasteiger partial charge in [0.2, 0.25) is 5.91 Å². The van der Waals surface area contributed by atoms with Gasteiger partial charge >= 0.3 is 0 Å². The minimum absolute atomic E-state index is 0.180. The number of aromatic amines is 1. The van der Waals surface area contributed by atoms with Crippen molar-refractivity contribution in [2.75, 3.05) is 0 Å². The summed E-state index contributed by atoms with van der Waals surface area (Å²) in [5.41, 5.74) is 12.7. The number of amides is 1. The van der Waals surface area contributed by atoms with Gasteiger partial charge in [0.15, 0.2) is 0 Å². The SMILES string of the molecule is NCc1ccnc(CNC(=O)C2Cc3c([nH]c4ccccc34)CN2S(=O)c2ccc(-c3ccccc3)cc2)c1. The van der Waals surface area contributed by atoms with Gasteiger partial charge in [-0.2, -0.15) is 0 Å². The Morgan fingerprint density at radius 2 is 1.74 bits per heavy atom. The second-order valence-corrected chi connectivity index (χ2v) is 11.1. The Morgan fingerprint density at radius 3 is 2.54 bits per heavy atom. The molecule has 2 unspecified atom stereocenters. The van der Waals surface area contributed by atoms with Crippen molar-refractivity contribution >= 4 is 27.8 Å². The number of fused-ring (bicyclic) bond motifs is 3. The number of nitrogens with one attached hydrogen (secondary N) is 2. The first-order chi connectivity index (χ1) is 19.1. The summed E-state index contributed by atoms with van der Waals surface area (Å²) in [4.78, 5) is 22.1. The van der Waals surface area contributed by atoms with Crippen molar-refractivity contribution in [3.05, 3.63) is 120 Å². The summed E-state index contributed by atoms with van der Waals surface area (Å²) in [6.45, 7) is 1.05. The lowest BCUT2D eigenvalue weighted by atomic mass is 9.98. The largest absolute Gasteiger partial charge is 0.357 e. The van der Waals surface area contributed by atoms with Gasteiger partial charge in [-0.3, -0.25) is 9.78 Å². The van der Waals surface area contributed by atoms with Gasteiger partial charge in [-0.1, -0.05) is 60.7 Å². The number of H-pyrrole nitrogens is 1. The average molecular weight is 536 g/mol. The molecule has 0 aliphatic carbocycles. The van der Waals surface area contributed by atoms with Crippen molar-refractivity contribution in [1.82, 2.24) is 19.6 Å². The summed E-state index contributed by atoms with van der Waals surface area (Å²) in [5.74, 6) is -0.180. The molecule has 0 saturated heterocycles. The maximum atomic E-state index is 14.0. The van der Waals surface area contributed by atoms with Gasteiger partial charge in [-0.05, 0) is 52.6 Å².